The molecule has 1 aliphatic carbocycles. The molecule has 1 N–H and O–H groups in total. The standard InChI is InChI=1S/C17H26N2OS/c1-4-7-12-10-13(12)19-16(14-8-6-9-21-14)18-15(17(19)20)11(3)5-2/h6,8-9,11-13,15-16,18H,4-5,7,10H2,1-3H3. The number of rotatable bonds is 6. The zero-order chi connectivity index (χ0) is 15.0. The molecule has 1 aromatic rings. The second-order valence-corrected chi connectivity index (χ2v) is 7.52. The molecule has 0 bridgehead atoms. The molecular weight excluding hydrogens is 280 g/mol. The van der Waals surface area contributed by atoms with Crippen molar-refractivity contribution in [2.45, 2.75) is 64.7 Å². The maximum absolute atomic E-state index is 12.9. The Morgan fingerprint density at radius 3 is 2.90 bits per heavy atom. The quantitative estimate of drug-likeness (QED) is 0.867. The van der Waals surface area contributed by atoms with Crippen LogP contribution in [0, 0.1) is 11.8 Å². The minimum Gasteiger partial charge on any atom is -0.317 e. The van der Waals surface area contributed by atoms with Crippen molar-refractivity contribution in [2.24, 2.45) is 11.8 Å². The van der Waals surface area contributed by atoms with Gasteiger partial charge in [0.2, 0.25) is 5.91 Å². The van der Waals surface area contributed by atoms with Gasteiger partial charge in [-0.25, -0.2) is 0 Å². The summed E-state index contributed by atoms with van der Waals surface area (Å²) in [5.41, 5.74) is 0. The van der Waals surface area contributed by atoms with Crippen LogP contribution in [-0.4, -0.2) is 22.9 Å². The predicted molar refractivity (Wildman–Crippen MR) is 87.1 cm³/mol. The Labute approximate surface area is 131 Å². The highest BCUT2D eigenvalue weighted by Crippen LogP contribution is 2.45. The lowest BCUT2D eigenvalue weighted by Crippen LogP contribution is -2.36. The van der Waals surface area contributed by atoms with Crippen molar-refractivity contribution in [3.05, 3.63) is 22.4 Å². The molecule has 0 radical (unpaired) electrons. The van der Waals surface area contributed by atoms with Gasteiger partial charge < -0.3 is 4.90 Å². The highest BCUT2D eigenvalue weighted by molar-refractivity contribution is 7.10. The molecule has 5 atom stereocenters. The minimum absolute atomic E-state index is 0.00928. The van der Waals surface area contributed by atoms with E-state index in [1.807, 2.05) is 0 Å². The maximum Gasteiger partial charge on any atom is 0.241 e. The van der Waals surface area contributed by atoms with E-state index in [4.69, 9.17) is 0 Å². The SMILES string of the molecule is CCCC1CC1N1C(=O)C(C(C)CC)NC1c1cccs1. The molecule has 21 heavy (non-hydrogen) atoms. The molecule has 116 valence electrons. The third kappa shape index (κ3) is 2.76. The average Bonchev–Trinajstić information content (AvgIpc) is 2.92. The second-order valence-electron chi connectivity index (χ2n) is 6.55. The fraction of sp³-hybridized carbons (Fsp3) is 0.706. The summed E-state index contributed by atoms with van der Waals surface area (Å²) in [4.78, 5) is 16.4. The summed E-state index contributed by atoms with van der Waals surface area (Å²) in [5, 5.41) is 5.72. The van der Waals surface area contributed by atoms with Crippen molar-refractivity contribution < 1.29 is 4.79 Å². The van der Waals surface area contributed by atoms with Crippen LogP contribution in [0.3, 0.4) is 0 Å². The molecule has 3 nitrogen and oxygen atoms in total. The molecule has 1 aromatic heterocycles. The summed E-state index contributed by atoms with van der Waals surface area (Å²) < 4.78 is 0. The van der Waals surface area contributed by atoms with Gasteiger partial charge in [0.25, 0.3) is 0 Å². The van der Waals surface area contributed by atoms with E-state index in [1.54, 1.807) is 11.3 Å². The number of nitrogens with zero attached hydrogens (tertiary/aromatic N) is 1. The number of carbonyl (C=O) groups is 1. The number of amides is 1. The van der Waals surface area contributed by atoms with Gasteiger partial charge in [-0.15, -0.1) is 11.3 Å². The molecule has 1 aliphatic heterocycles. The number of hydrogen-bond donors (Lipinski definition) is 1. The Hall–Kier alpha value is -0.870. The smallest absolute Gasteiger partial charge is 0.241 e. The summed E-state index contributed by atoms with van der Waals surface area (Å²) in [6.45, 7) is 6.58. The van der Waals surface area contributed by atoms with Crippen molar-refractivity contribution in [3.8, 4) is 0 Å². The molecule has 2 heterocycles. The molecule has 1 saturated heterocycles. The van der Waals surface area contributed by atoms with Gasteiger partial charge in [0.05, 0.1) is 6.04 Å². The molecular formula is C17H26N2OS. The first-order chi connectivity index (χ1) is 10.2. The van der Waals surface area contributed by atoms with Gasteiger partial charge in [-0.1, -0.05) is 39.7 Å². The van der Waals surface area contributed by atoms with E-state index in [1.165, 1.54) is 24.1 Å². The van der Waals surface area contributed by atoms with Crippen LogP contribution in [0.2, 0.25) is 0 Å². The van der Waals surface area contributed by atoms with Gasteiger partial charge in [-0.2, -0.15) is 0 Å². The first-order valence-electron chi connectivity index (χ1n) is 8.29. The topological polar surface area (TPSA) is 32.3 Å². The lowest BCUT2D eigenvalue weighted by molar-refractivity contribution is -0.131. The van der Waals surface area contributed by atoms with E-state index in [0.29, 0.717) is 17.9 Å². The van der Waals surface area contributed by atoms with Crippen LogP contribution < -0.4 is 5.32 Å². The molecule has 0 aromatic carbocycles. The lowest BCUT2D eigenvalue weighted by Gasteiger charge is -2.24. The second kappa shape index (κ2) is 6.09. The third-order valence-corrected chi connectivity index (χ3v) is 5.99. The summed E-state index contributed by atoms with van der Waals surface area (Å²) in [6.07, 6.45) is 4.80. The average molecular weight is 306 g/mol. The molecule has 5 unspecified atom stereocenters. The Morgan fingerprint density at radius 2 is 2.29 bits per heavy atom. The van der Waals surface area contributed by atoms with E-state index < -0.39 is 0 Å². The van der Waals surface area contributed by atoms with Gasteiger partial charge in [0.15, 0.2) is 0 Å². The highest BCUT2D eigenvalue weighted by Gasteiger charge is 2.52. The van der Waals surface area contributed by atoms with Crippen LogP contribution in [0.4, 0.5) is 0 Å². The number of nitrogens with one attached hydrogen (secondary N) is 1. The first-order valence-corrected chi connectivity index (χ1v) is 9.16. The fourth-order valence-electron chi connectivity index (χ4n) is 3.53. The Bertz CT molecular complexity index is 487. The molecule has 1 amide bonds. The Kier molecular flexibility index (Phi) is 4.36. The first kappa shape index (κ1) is 15.0. The van der Waals surface area contributed by atoms with Crippen LogP contribution in [0.15, 0.2) is 17.5 Å². The molecule has 2 fully saturated rings. The van der Waals surface area contributed by atoms with Crippen molar-refractivity contribution in [1.82, 2.24) is 10.2 Å². The Balaban J connectivity index is 1.81. The minimum atomic E-state index is -0.00928. The zero-order valence-corrected chi connectivity index (χ0v) is 14.0. The van der Waals surface area contributed by atoms with Crippen molar-refractivity contribution >= 4 is 17.2 Å². The van der Waals surface area contributed by atoms with Crippen LogP contribution in [0.25, 0.3) is 0 Å². The molecule has 1 saturated carbocycles. The summed E-state index contributed by atoms with van der Waals surface area (Å²) in [5.74, 6) is 1.44. The zero-order valence-electron chi connectivity index (χ0n) is 13.2. The summed E-state index contributed by atoms with van der Waals surface area (Å²) >= 11 is 1.75. The third-order valence-electron chi connectivity index (χ3n) is 5.06. The van der Waals surface area contributed by atoms with Gasteiger partial charge in [-0.3, -0.25) is 10.1 Å². The van der Waals surface area contributed by atoms with E-state index in [-0.39, 0.29) is 12.2 Å². The van der Waals surface area contributed by atoms with Crippen molar-refractivity contribution in [1.29, 1.82) is 0 Å². The molecule has 0 spiro atoms. The van der Waals surface area contributed by atoms with Gasteiger partial charge >= 0.3 is 0 Å². The molecule has 3 rings (SSSR count). The normalized spacial score (nSPS) is 33.5. The maximum atomic E-state index is 12.9. The number of hydrogen-bond acceptors (Lipinski definition) is 3. The van der Waals surface area contributed by atoms with E-state index in [2.05, 4.69) is 48.5 Å². The van der Waals surface area contributed by atoms with Crippen LogP contribution in [0.1, 0.15) is 57.5 Å². The highest BCUT2D eigenvalue weighted by atomic mass is 32.1. The van der Waals surface area contributed by atoms with Gasteiger partial charge in [0.1, 0.15) is 6.17 Å². The monoisotopic (exact) mass is 306 g/mol. The summed E-state index contributed by atoms with van der Waals surface area (Å²) in [7, 11) is 0. The van der Waals surface area contributed by atoms with Gasteiger partial charge in [0, 0.05) is 10.9 Å². The largest absolute Gasteiger partial charge is 0.317 e. The lowest BCUT2D eigenvalue weighted by atomic mass is 9.99. The molecule has 2 aliphatic rings. The van der Waals surface area contributed by atoms with Crippen molar-refractivity contribution in [3.63, 3.8) is 0 Å². The Morgan fingerprint density at radius 1 is 1.48 bits per heavy atom. The van der Waals surface area contributed by atoms with E-state index in [9.17, 15) is 4.79 Å². The van der Waals surface area contributed by atoms with E-state index >= 15 is 0 Å². The van der Waals surface area contributed by atoms with Gasteiger partial charge in [-0.05, 0) is 36.1 Å². The predicted octanol–water partition coefficient (Wildman–Crippen LogP) is 3.78. The number of thiophene rings is 1. The van der Waals surface area contributed by atoms with Crippen LogP contribution in [0.5, 0.6) is 0 Å². The molecule has 4 heteroatoms. The van der Waals surface area contributed by atoms with E-state index in [0.717, 1.165) is 12.3 Å². The van der Waals surface area contributed by atoms with Crippen molar-refractivity contribution in [2.75, 3.05) is 0 Å². The van der Waals surface area contributed by atoms with Crippen LogP contribution >= 0.6 is 11.3 Å². The fourth-order valence-corrected chi connectivity index (χ4v) is 4.31. The number of carbonyl (C=O) groups excluding carboxylic acids is 1. The summed E-state index contributed by atoms with van der Waals surface area (Å²) in [6, 6.07) is 4.69. The van der Waals surface area contributed by atoms with Crippen LogP contribution in [-0.2, 0) is 4.79 Å².